The number of hydrogen-bond donors (Lipinski definition) is 0. The van der Waals surface area contributed by atoms with E-state index in [0.717, 1.165) is 30.5 Å². The predicted molar refractivity (Wildman–Crippen MR) is 61.4 cm³/mol. The van der Waals surface area contributed by atoms with Crippen LogP contribution in [0.3, 0.4) is 0 Å². The third-order valence-electron chi connectivity index (χ3n) is 2.84. The number of halogens is 1. The molecule has 1 aromatic heterocycles. The standard InChI is InChI=1S/C11H12ClN3O/c12-8-4-3-7-16-11(8)15-10-6-2-1-5-9(10)13-14-15/h1-2,5-6,8,11H,3-4,7H2/t8-,11+/m0/s1. The van der Waals surface area contributed by atoms with Crippen molar-refractivity contribution in [1.82, 2.24) is 15.0 Å². The summed E-state index contributed by atoms with van der Waals surface area (Å²) in [5.41, 5.74) is 1.85. The highest BCUT2D eigenvalue weighted by molar-refractivity contribution is 6.20. The molecule has 1 saturated heterocycles. The second-order valence-corrected chi connectivity index (χ2v) is 4.50. The first-order chi connectivity index (χ1) is 7.86. The van der Waals surface area contributed by atoms with Crippen molar-refractivity contribution < 1.29 is 4.74 Å². The van der Waals surface area contributed by atoms with Crippen LogP contribution in [0.5, 0.6) is 0 Å². The molecule has 16 heavy (non-hydrogen) atoms. The Morgan fingerprint density at radius 1 is 1.38 bits per heavy atom. The van der Waals surface area contributed by atoms with Gasteiger partial charge in [0.05, 0.1) is 10.9 Å². The molecule has 2 aromatic rings. The fourth-order valence-corrected chi connectivity index (χ4v) is 2.36. The van der Waals surface area contributed by atoms with Gasteiger partial charge < -0.3 is 4.74 Å². The van der Waals surface area contributed by atoms with E-state index in [1.54, 1.807) is 4.68 Å². The van der Waals surface area contributed by atoms with Gasteiger partial charge in [-0.05, 0) is 25.0 Å². The summed E-state index contributed by atoms with van der Waals surface area (Å²) in [6, 6.07) is 7.83. The number of benzene rings is 1. The van der Waals surface area contributed by atoms with Gasteiger partial charge in [0.25, 0.3) is 0 Å². The lowest BCUT2D eigenvalue weighted by molar-refractivity contribution is -0.0342. The lowest BCUT2D eigenvalue weighted by Gasteiger charge is -2.27. The highest BCUT2D eigenvalue weighted by Crippen LogP contribution is 2.29. The normalized spacial score (nSPS) is 26.1. The van der Waals surface area contributed by atoms with E-state index in [9.17, 15) is 0 Å². The van der Waals surface area contributed by atoms with Crippen molar-refractivity contribution in [1.29, 1.82) is 0 Å². The summed E-state index contributed by atoms with van der Waals surface area (Å²) >= 11 is 6.26. The van der Waals surface area contributed by atoms with Gasteiger partial charge in [-0.15, -0.1) is 16.7 Å². The summed E-state index contributed by atoms with van der Waals surface area (Å²) in [7, 11) is 0. The largest absolute Gasteiger partial charge is 0.355 e. The van der Waals surface area contributed by atoms with Crippen LogP contribution >= 0.6 is 11.6 Å². The Balaban J connectivity index is 2.04. The Bertz CT molecular complexity index is 499. The van der Waals surface area contributed by atoms with Crippen molar-refractivity contribution in [2.45, 2.75) is 24.4 Å². The first-order valence-corrected chi connectivity index (χ1v) is 5.85. The van der Waals surface area contributed by atoms with Crippen LogP contribution in [0.1, 0.15) is 19.1 Å². The number of para-hydroxylation sites is 1. The number of fused-ring (bicyclic) bond motifs is 1. The Morgan fingerprint density at radius 3 is 3.12 bits per heavy atom. The first-order valence-electron chi connectivity index (χ1n) is 5.42. The molecule has 4 nitrogen and oxygen atoms in total. The van der Waals surface area contributed by atoms with Gasteiger partial charge in [-0.1, -0.05) is 17.3 Å². The van der Waals surface area contributed by atoms with E-state index < -0.39 is 0 Å². The minimum atomic E-state index is -0.192. The van der Waals surface area contributed by atoms with Crippen LogP contribution in [0, 0.1) is 0 Å². The molecule has 0 aliphatic carbocycles. The fraction of sp³-hybridized carbons (Fsp3) is 0.455. The lowest BCUT2D eigenvalue weighted by Crippen LogP contribution is -2.28. The van der Waals surface area contributed by atoms with E-state index >= 15 is 0 Å². The van der Waals surface area contributed by atoms with E-state index in [0.29, 0.717) is 0 Å². The lowest BCUT2D eigenvalue weighted by atomic mass is 10.2. The third kappa shape index (κ3) is 1.58. The highest BCUT2D eigenvalue weighted by Gasteiger charge is 2.27. The van der Waals surface area contributed by atoms with E-state index in [2.05, 4.69) is 10.3 Å². The fourth-order valence-electron chi connectivity index (χ4n) is 2.03. The molecule has 0 unspecified atom stereocenters. The van der Waals surface area contributed by atoms with Crippen LogP contribution in [0.15, 0.2) is 24.3 Å². The topological polar surface area (TPSA) is 39.9 Å². The molecule has 2 atom stereocenters. The van der Waals surface area contributed by atoms with Crippen molar-refractivity contribution >= 4 is 22.6 Å². The van der Waals surface area contributed by atoms with Gasteiger partial charge in [-0.2, -0.15) is 0 Å². The number of nitrogens with zero attached hydrogens (tertiary/aromatic N) is 3. The van der Waals surface area contributed by atoms with Crippen molar-refractivity contribution in [3.63, 3.8) is 0 Å². The van der Waals surface area contributed by atoms with Crippen molar-refractivity contribution in [2.24, 2.45) is 0 Å². The molecule has 1 aliphatic heterocycles. The number of alkyl halides is 1. The van der Waals surface area contributed by atoms with Crippen molar-refractivity contribution in [3.05, 3.63) is 24.3 Å². The summed E-state index contributed by atoms with van der Waals surface area (Å²) in [6.07, 6.45) is 1.78. The average Bonchev–Trinajstić information content (AvgIpc) is 2.74. The molecule has 1 aliphatic rings. The van der Waals surface area contributed by atoms with Crippen LogP contribution in [-0.4, -0.2) is 27.0 Å². The zero-order chi connectivity index (χ0) is 11.0. The van der Waals surface area contributed by atoms with E-state index in [-0.39, 0.29) is 11.6 Å². The molecule has 1 aromatic carbocycles. The van der Waals surface area contributed by atoms with Gasteiger partial charge in [0, 0.05) is 6.61 Å². The molecule has 0 saturated carbocycles. The second-order valence-electron chi connectivity index (χ2n) is 3.94. The minimum absolute atomic E-state index is 0.0288. The first kappa shape index (κ1) is 10.1. The maximum Gasteiger partial charge on any atom is 0.168 e. The summed E-state index contributed by atoms with van der Waals surface area (Å²) < 4.78 is 7.46. The average molecular weight is 238 g/mol. The number of aromatic nitrogens is 3. The van der Waals surface area contributed by atoms with Gasteiger partial charge in [0.2, 0.25) is 0 Å². The number of rotatable bonds is 1. The highest BCUT2D eigenvalue weighted by atomic mass is 35.5. The third-order valence-corrected chi connectivity index (χ3v) is 3.27. The van der Waals surface area contributed by atoms with Crippen molar-refractivity contribution in [3.8, 4) is 0 Å². The summed E-state index contributed by atoms with van der Waals surface area (Å²) in [6.45, 7) is 0.738. The molecule has 84 valence electrons. The zero-order valence-corrected chi connectivity index (χ0v) is 9.47. The monoisotopic (exact) mass is 237 g/mol. The van der Waals surface area contributed by atoms with Gasteiger partial charge in [0.15, 0.2) is 6.23 Å². The Morgan fingerprint density at radius 2 is 2.25 bits per heavy atom. The molecule has 1 fully saturated rings. The molecule has 0 spiro atoms. The van der Waals surface area contributed by atoms with Gasteiger partial charge >= 0.3 is 0 Å². The molecule has 0 radical (unpaired) electrons. The molecule has 0 amide bonds. The predicted octanol–water partition coefficient (Wildman–Crippen LogP) is 2.35. The molecule has 3 rings (SSSR count). The summed E-state index contributed by atoms with van der Waals surface area (Å²) in [5.74, 6) is 0. The summed E-state index contributed by atoms with van der Waals surface area (Å²) in [5, 5.41) is 8.20. The quantitative estimate of drug-likeness (QED) is 0.715. The molecule has 5 heteroatoms. The van der Waals surface area contributed by atoms with Crippen LogP contribution in [0.25, 0.3) is 11.0 Å². The van der Waals surface area contributed by atoms with Crippen LogP contribution in [-0.2, 0) is 4.74 Å². The van der Waals surface area contributed by atoms with Gasteiger partial charge in [-0.3, -0.25) is 0 Å². The van der Waals surface area contributed by atoms with E-state index in [1.807, 2.05) is 24.3 Å². The SMILES string of the molecule is Cl[C@H]1CCCO[C@H]1n1nnc2ccccc21. The maximum atomic E-state index is 6.26. The molecular formula is C11H12ClN3O. The van der Waals surface area contributed by atoms with Gasteiger partial charge in [0.1, 0.15) is 5.52 Å². The Labute approximate surface area is 98.1 Å². The van der Waals surface area contributed by atoms with Crippen LogP contribution < -0.4 is 0 Å². The molecular weight excluding hydrogens is 226 g/mol. The number of ether oxygens (including phenoxy) is 1. The van der Waals surface area contributed by atoms with Crippen molar-refractivity contribution in [2.75, 3.05) is 6.61 Å². The smallest absolute Gasteiger partial charge is 0.168 e. The molecule has 2 heterocycles. The van der Waals surface area contributed by atoms with Crippen LogP contribution in [0.4, 0.5) is 0 Å². The Hall–Kier alpha value is -1.13. The number of hydrogen-bond acceptors (Lipinski definition) is 3. The van der Waals surface area contributed by atoms with E-state index in [4.69, 9.17) is 16.3 Å². The van der Waals surface area contributed by atoms with Gasteiger partial charge in [-0.25, -0.2) is 4.68 Å². The summed E-state index contributed by atoms with van der Waals surface area (Å²) in [4.78, 5) is 0. The molecule has 0 N–H and O–H groups in total. The minimum Gasteiger partial charge on any atom is -0.355 e. The molecule has 0 bridgehead atoms. The zero-order valence-electron chi connectivity index (χ0n) is 8.71. The van der Waals surface area contributed by atoms with E-state index in [1.165, 1.54) is 0 Å². The Kier molecular flexibility index (Phi) is 2.53. The second kappa shape index (κ2) is 4.03. The maximum absolute atomic E-state index is 6.26. The van der Waals surface area contributed by atoms with Crippen LogP contribution in [0.2, 0.25) is 0 Å².